The van der Waals surface area contributed by atoms with E-state index in [9.17, 15) is 8.42 Å². The molecule has 1 aromatic carbocycles. The van der Waals surface area contributed by atoms with Crippen LogP contribution >= 0.6 is 11.3 Å². The molecule has 2 fully saturated rings. The van der Waals surface area contributed by atoms with Crippen molar-refractivity contribution in [2.45, 2.75) is 36.1 Å². The van der Waals surface area contributed by atoms with Gasteiger partial charge in [-0.15, -0.1) is 11.3 Å². The number of thiophene rings is 1. The number of sulfonamides is 1. The van der Waals surface area contributed by atoms with Crippen molar-refractivity contribution < 1.29 is 8.42 Å². The zero-order valence-corrected chi connectivity index (χ0v) is 18.7. The van der Waals surface area contributed by atoms with Crippen LogP contribution in [0.15, 0.2) is 46.0 Å². The van der Waals surface area contributed by atoms with E-state index in [4.69, 9.17) is 5.26 Å². The van der Waals surface area contributed by atoms with Crippen molar-refractivity contribution in [3.05, 3.63) is 52.9 Å². The topological polar surface area (TPSA) is 67.7 Å². The Morgan fingerprint density at radius 2 is 1.87 bits per heavy atom. The fourth-order valence-electron chi connectivity index (χ4n) is 4.50. The number of nitrogens with zero attached hydrogens (tertiary/aromatic N) is 4. The van der Waals surface area contributed by atoms with Crippen molar-refractivity contribution >= 4 is 21.4 Å². The monoisotopic (exact) mass is 444 g/mol. The molecule has 0 saturated carbocycles. The molecule has 0 N–H and O–H groups in total. The predicted molar refractivity (Wildman–Crippen MR) is 119 cm³/mol. The third kappa shape index (κ3) is 4.93. The normalized spacial score (nSPS) is 20.6. The maximum absolute atomic E-state index is 12.8. The van der Waals surface area contributed by atoms with Gasteiger partial charge in [0.15, 0.2) is 0 Å². The van der Waals surface area contributed by atoms with E-state index in [0.29, 0.717) is 28.9 Å². The molecule has 8 heteroatoms. The summed E-state index contributed by atoms with van der Waals surface area (Å²) in [7, 11) is -3.35. The summed E-state index contributed by atoms with van der Waals surface area (Å²) >= 11 is 1.30. The molecule has 0 radical (unpaired) electrons. The van der Waals surface area contributed by atoms with Crippen molar-refractivity contribution in [1.82, 2.24) is 14.1 Å². The first-order valence-corrected chi connectivity index (χ1v) is 12.9. The van der Waals surface area contributed by atoms with E-state index < -0.39 is 10.0 Å². The van der Waals surface area contributed by atoms with Gasteiger partial charge >= 0.3 is 0 Å². The molecule has 3 heterocycles. The van der Waals surface area contributed by atoms with Gasteiger partial charge in [-0.1, -0.05) is 18.2 Å². The molecule has 0 unspecified atom stereocenters. The van der Waals surface area contributed by atoms with Gasteiger partial charge in [-0.05, 0) is 68.0 Å². The molecular formula is C22H28N4O2S2. The largest absolute Gasteiger partial charge is 0.299 e. The number of likely N-dealkylation sites (tertiary alicyclic amines) is 1. The van der Waals surface area contributed by atoms with Crippen LogP contribution in [0.2, 0.25) is 0 Å². The minimum absolute atomic E-state index is 0.449. The van der Waals surface area contributed by atoms with E-state index >= 15 is 0 Å². The first-order valence-electron chi connectivity index (χ1n) is 10.6. The molecule has 1 aromatic heterocycles. The molecule has 0 spiro atoms. The average molecular weight is 445 g/mol. The van der Waals surface area contributed by atoms with E-state index in [2.05, 4.69) is 21.9 Å². The lowest BCUT2D eigenvalue weighted by Gasteiger charge is -2.38. The molecule has 6 nitrogen and oxygen atoms in total. The van der Waals surface area contributed by atoms with Gasteiger partial charge in [0, 0.05) is 32.2 Å². The number of piperidine rings is 1. The SMILES string of the molecule is N#Cc1cccc(CN2CCC(N3CCCN(S(=O)(=O)c4cccs4)CC3)CC2)c1. The van der Waals surface area contributed by atoms with Crippen LogP contribution in [0.4, 0.5) is 0 Å². The second-order valence-corrected chi connectivity index (χ2v) is 11.2. The number of rotatable bonds is 5. The average Bonchev–Trinajstić information content (AvgIpc) is 3.20. The summed E-state index contributed by atoms with van der Waals surface area (Å²) in [5.74, 6) is 0. The molecule has 160 valence electrons. The zero-order chi connectivity index (χ0) is 21.0. The van der Waals surface area contributed by atoms with Crippen LogP contribution in [0.3, 0.4) is 0 Å². The number of benzene rings is 1. The van der Waals surface area contributed by atoms with Crippen LogP contribution in [0.25, 0.3) is 0 Å². The molecule has 2 aliphatic heterocycles. The van der Waals surface area contributed by atoms with Gasteiger partial charge in [-0.3, -0.25) is 9.80 Å². The third-order valence-electron chi connectivity index (χ3n) is 6.11. The maximum Gasteiger partial charge on any atom is 0.252 e. The molecule has 0 aliphatic carbocycles. The fourth-order valence-corrected chi connectivity index (χ4v) is 7.11. The number of hydrogen-bond donors (Lipinski definition) is 0. The molecule has 2 saturated heterocycles. The summed E-state index contributed by atoms with van der Waals surface area (Å²) < 4.78 is 27.8. The molecular weight excluding hydrogens is 416 g/mol. The number of hydrogen-bond acceptors (Lipinski definition) is 6. The Kier molecular flexibility index (Phi) is 6.86. The van der Waals surface area contributed by atoms with E-state index in [1.54, 1.807) is 16.4 Å². The van der Waals surface area contributed by atoms with Gasteiger partial charge in [0.2, 0.25) is 0 Å². The minimum Gasteiger partial charge on any atom is -0.299 e. The fraction of sp³-hybridized carbons (Fsp3) is 0.500. The summed E-state index contributed by atoms with van der Waals surface area (Å²) in [6.07, 6.45) is 3.09. The van der Waals surface area contributed by atoms with Crippen LogP contribution in [-0.2, 0) is 16.6 Å². The van der Waals surface area contributed by atoms with Crippen LogP contribution in [-0.4, -0.2) is 67.8 Å². The standard InChI is InChI=1S/C22H28N4O2S2/c23-17-19-4-1-5-20(16-19)18-24-11-7-21(8-12-24)25-9-3-10-26(14-13-25)30(27,28)22-6-2-15-29-22/h1-2,4-6,15-16,21H,3,7-14,18H2. The maximum atomic E-state index is 12.8. The Labute approximate surface area is 183 Å². The summed E-state index contributed by atoms with van der Waals surface area (Å²) in [4.78, 5) is 4.95. The molecule has 2 aromatic rings. The lowest BCUT2D eigenvalue weighted by atomic mass is 10.0. The zero-order valence-electron chi connectivity index (χ0n) is 17.1. The predicted octanol–water partition coefficient (Wildman–Crippen LogP) is 2.98. The van der Waals surface area contributed by atoms with E-state index in [-0.39, 0.29) is 0 Å². The quantitative estimate of drug-likeness (QED) is 0.709. The highest BCUT2D eigenvalue weighted by atomic mass is 32.2. The molecule has 2 aliphatic rings. The Hall–Kier alpha value is -1.76. The molecule has 0 amide bonds. The van der Waals surface area contributed by atoms with Crippen molar-refractivity contribution in [2.75, 3.05) is 39.3 Å². The van der Waals surface area contributed by atoms with Crippen LogP contribution in [0.1, 0.15) is 30.4 Å². The highest BCUT2D eigenvalue weighted by Gasteiger charge is 2.31. The van der Waals surface area contributed by atoms with Crippen molar-refractivity contribution in [1.29, 1.82) is 5.26 Å². The van der Waals surface area contributed by atoms with Gasteiger partial charge in [0.25, 0.3) is 10.0 Å². The number of nitriles is 1. The van der Waals surface area contributed by atoms with E-state index in [0.717, 1.165) is 52.0 Å². The lowest BCUT2D eigenvalue weighted by Crippen LogP contribution is -2.46. The molecule has 30 heavy (non-hydrogen) atoms. The van der Waals surface area contributed by atoms with Gasteiger partial charge in [-0.2, -0.15) is 9.57 Å². The second-order valence-electron chi connectivity index (χ2n) is 8.05. The Morgan fingerprint density at radius 1 is 1.03 bits per heavy atom. The second kappa shape index (κ2) is 9.58. The van der Waals surface area contributed by atoms with Crippen LogP contribution in [0.5, 0.6) is 0 Å². The summed E-state index contributed by atoms with van der Waals surface area (Å²) in [5.41, 5.74) is 1.91. The smallest absolute Gasteiger partial charge is 0.252 e. The highest BCUT2D eigenvalue weighted by Crippen LogP contribution is 2.24. The summed E-state index contributed by atoms with van der Waals surface area (Å²) in [6, 6.07) is 14.1. The van der Waals surface area contributed by atoms with Gasteiger partial charge in [0.1, 0.15) is 4.21 Å². The van der Waals surface area contributed by atoms with Crippen molar-refractivity contribution in [3.63, 3.8) is 0 Å². The summed E-state index contributed by atoms with van der Waals surface area (Å²) in [6.45, 7) is 5.90. The van der Waals surface area contributed by atoms with Gasteiger partial charge in [0.05, 0.1) is 11.6 Å². The van der Waals surface area contributed by atoms with Gasteiger partial charge < -0.3 is 0 Å². The van der Waals surface area contributed by atoms with E-state index in [1.165, 1.54) is 16.9 Å². The van der Waals surface area contributed by atoms with E-state index in [1.807, 2.05) is 23.6 Å². The Morgan fingerprint density at radius 3 is 2.60 bits per heavy atom. The van der Waals surface area contributed by atoms with Crippen LogP contribution < -0.4 is 0 Å². The van der Waals surface area contributed by atoms with Crippen LogP contribution in [0, 0.1) is 11.3 Å². The first kappa shape index (κ1) is 21.5. The van der Waals surface area contributed by atoms with Crippen molar-refractivity contribution in [3.8, 4) is 6.07 Å². The Balaban J connectivity index is 1.29. The first-order chi connectivity index (χ1) is 14.6. The molecule has 4 rings (SSSR count). The van der Waals surface area contributed by atoms with Gasteiger partial charge in [-0.25, -0.2) is 8.42 Å². The highest BCUT2D eigenvalue weighted by molar-refractivity contribution is 7.91. The molecule has 0 atom stereocenters. The third-order valence-corrected chi connectivity index (χ3v) is 9.39. The Bertz CT molecular complexity index is 977. The van der Waals surface area contributed by atoms with Crippen molar-refractivity contribution in [2.24, 2.45) is 0 Å². The molecule has 0 bridgehead atoms. The lowest BCUT2D eigenvalue weighted by molar-refractivity contribution is 0.108. The summed E-state index contributed by atoms with van der Waals surface area (Å²) in [5, 5.41) is 10.9. The minimum atomic E-state index is -3.35.